The third-order valence-corrected chi connectivity index (χ3v) is 6.21. The van der Waals surface area contributed by atoms with Gasteiger partial charge >= 0.3 is 5.97 Å². The van der Waals surface area contributed by atoms with Crippen LogP contribution in [0.4, 0.5) is 0 Å². The third kappa shape index (κ3) is 6.35. The predicted molar refractivity (Wildman–Crippen MR) is 134 cm³/mol. The van der Waals surface area contributed by atoms with Crippen LogP contribution in [0.5, 0.6) is 0 Å². The van der Waals surface area contributed by atoms with Gasteiger partial charge in [-0.25, -0.2) is 4.79 Å². The Bertz CT molecular complexity index is 1150. The molecule has 2 amide bonds. The van der Waals surface area contributed by atoms with E-state index in [2.05, 4.69) is 5.32 Å². The van der Waals surface area contributed by atoms with Crippen LogP contribution < -0.4 is 5.32 Å². The van der Waals surface area contributed by atoms with Crippen molar-refractivity contribution in [2.45, 2.75) is 44.9 Å². The van der Waals surface area contributed by atoms with Crippen LogP contribution in [0.25, 0.3) is 11.1 Å². The molecule has 0 aromatic heterocycles. The van der Waals surface area contributed by atoms with Gasteiger partial charge in [-0.15, -0.1) is 0 Å². The molecular weight excluding hydrogens is 440 g/mol. The fraction of sp³-hybridized carbons (Fsp3) is 0.276. The van der Waals surface area contributed by atoms with Crippen molar-refractivity contribution in [1.29, 1.82) is 0 Å². The van der Waals surface area contributed by atoms with E-state index in [9.17, 15) is 14.4 Å². The first-order valence-electron chi connectivity index (χ1n) is 11.9. The van der Waals surface area contributed by atoms with Crippen LogP contribution in [0.1, 0.15) is 30.9 Å². The molecule has 0 bridgehead atoms. The van der Waals surface area contributed by atoms with Crippen LogP contribution in [0.3, 0.4) is 0 Å². The lowest BCUT2D eigenvalue weighted by molar-refractivity contribution is -0.155. The van der Waals surface area contributed by atoms with Gasteiger partial charge in [0.1, 0.15) is 18.7 Å². The number of likely N-dealkylation sites (tertiary alicyclic amines) is 1. The Labute approximate surface area is 205 Å². The number of nitrogens with zero attached hydrogens (tertiary/aromatic N) is 1. The molecule has 1 N–H and O–H groups in total. The maximum absolute atomic E-state index is 13.5. The molecule has 0 saturated carbocycles. The van der Waals surface area contributed by atoms with Crippen molar-refractivity contribution in [1.82, 2.24) is 10.2 Å². The van der Waals surface area contributed by atoms with Gasteiger partial charge in [0, 0.05) is 19.9 Å². The molecule has 4 rings (SSSR count). The first-order chi connectivity index (χ1) is 17.0. The van der Waals surface area contributed by atoms with E-state index >= 15 is 0 Å². The highest BCUT2D eigenvalue weighted by Crippen LogP contribution is 2.23. The zero-order valence-corrected chi connectivity index (χ0v) is 19.9. The minimum atomic E-state index is -0.752. The van der Waals surface area contributed by atoms with Gasteiger partial charge in [0.15, 0.2) is 0 Å². The lowest BCUT2D eigenvalue weighted by Crippen LogP contribution is -2.52. The summed E-state index contributed by atoms with van der Waals surface area (Å²) in [4.78, 5) is 39.7. The van der Waals surface area contributed by atoms with E-state index in [4.69, 9.17) is 4.74 Å². The highest BCUT2D eigenvalue weighted by molar-refractivity contribution is 5.91. The molecule has 1 fully saturated rings. The number of ether oxygens (including phenoxy) is 1. The molecule has 1 unspecified atom stereocenters. The Morgan fingerprint density at radius 3 is 2.17 bits per heavy atom. The molecule has 1 saturated heterocycles. The van der Waals surface area contributed by atoms with Crippen LogP contribution in [-0.2, 0) is 32.1 Å². The standard InChI is InChI=1S/C29H30N2O4/c1-21(32)30-26(19-22-14-16-25(17-15-22)24-11-6-3-7-12-24)28(33)31-18-8-13-27(31)29(34)35-20-23-9-4-2-5-10-23/h2-7,9-12,14-17,26-27H,8,13,18-20H2,1H3,(H,30,32)/t26-,27?/m1/s1. The summed E-state index contributed by atoms with van der Waals surface area (Å²) in [6.07, 6.45) is 1.61. The highest BCUT2D eigenvalue weighted by atomic mass is 16.5. The second-order valence-electron chi connectivity index (χ2n) is 8.80. The van der Waals surface area contributed by atoms with Crippen LogP contribution in [-0.4, -0.2) is 41.3 Å². The number of rotatable bonds is 8. The van der Waals surface area contributed by atoms with Crippen LogP contribution in [0, 0.1) is 0 Å². The predicted octanol–water partition coefficient (Wildman–Crippen LogP) is 4.14. The van der Waals surface area contributed by atoms with Gasteiger partial charge < -0.3 is 15.0 Å². The molecule has 0 spiro atoms. The van der Waals surface area contributed by atoms with Crippen LogP contribution in [0.15, 0.2) is 84.9 Å². The minimum Gasteiger partial charge on any atom is -0.459 e. The number of hydrogen-bond acceptors (Lipinski definition) is 4. The van der Waals surface area contributed by atoms with Gasteiger partial charge in [-0.3, -0.25) is 9.59 Å². The first kappa shape index (κ1) is 24.2. The van der Waals surface area contributed by atoms with Crippen molar-refractivity contribution in [2.24, 2.45) is 0 Å². The molecule has 3 aromatic carbocycles. The number of hydrogen-bond donors (Lipinski definition) is 1. The van der Waals surface area contributed by atoms with Crippen molar-refractivity contribution < 1.29 is 19.1 Å². The summed E-state index contributed by atoms with van der Waals surface area (Å²) >= 11 is 0. The van der Waals surface area contributed by atoms with E-state index in [1.807, 2.05) is 84.9 Å². The van der Waals surface area contributed by atoms with Gasteiger partial charge in [-0.2, -0.15) is 0 Å². The summed E-state index contributed by atoms with van der Waals surface area (Å²) in [7, 11) is 0. The van der Waals surface area contributed by atoms with Crippen molar-refractivity contribution in [3.8, 4) is 11.1 Å². The molecule has 6 nitrogen and oxygen atoms in total. The van der Waals surface area contributed by atoms with Crippen molar-refractivity contribution >= 4 is 17.8 Å². The monoisotopic (exact) mass is 470 g/mol. The SMILES string of the molecule is CC(=O)N[C@H](Cc1ccc(-c2ccccc2)cc1)C(=O)N1CCCC1C(=O)OCc1ccccc1. The number of esters is 1. The molecule has 0 radical (unpaired) electrons. The van der Waals surface area contributed by atoms with Crippen molar-refractivity contribution in [3.63, 3.8) is 0 Å². The molecule has 35 heavy (non-hydrogen) atoms. The largest absolute Gasteiger partial charge is 0.459 e. The Balaban J connectivity index is 1.43. The fourth-order valence-corrected chi connectivity index (χ4v) is 4.45. The topological polar surface area (TPSA) is 75.7 Å². The van der Waals surface area contributed by atoms with E-state index in [1.165, 1.54) is 6.92 Å². The number of benzene rings is 3. The lowest BCUT2D eigenvalue weighted by atomic mass is 10.00. The molecule has 0 aliphatic carbocycles. The van der Waals surface area contributed by atoms with E-state index in [1.54, 1.807) is 4.90 Å². The maximum Gasteiger partial charge on any atom is 0.329 e. The second-order valence-corrected chi connectivity index (χ2v) is 8.80. The minimum absolute atomic E-state index is 0.168. The summed E-state index contributed by atoms with van der Waals surface area (Å²) in [6, 6.07) is 26.1. The smallest absolute Gasteiger partial charge is 0.329 e. The number of nitrogens with one attached hydrogen (secondary N) is 1. The number of amides is 2. The maximum atomic E-state index is 13.5. The van der Waals surface area contributed by atoms with Crippen molar-refractivity contribution in [3.05, 3.63) is 96.1 Å². The van der Waals surface area contributed by atoms with E-state index in [0.717, 1.165) is 28.7 Å². The highest BCUT2D eigenvalue weighted by Gasteiger charge is 2.38. The van der Waals surface area contributed by atoms with Crippen LogP contribution >= 0.6 is 0 Å². The summed E-state index contributed by atoms with van der Waals surface area (Å²) in [5.74, 6) is -0.952. The van der Waals surface area contributed by atoms with Gasteiger partial charge in [0.25, 0.3) is 0 Å². The fourth-order valence-electron chi connectivity index (χ4n) is 4.45. The molecule has 1 aliphatic rings. The lowest BCUT2D eigenvalue weighted by Gasteiger charge is -2.28. The van der Waals surface area contributed by atoms with Crippen LogP contribution in [0.2, 0.25) is 0 Å². The Morgan fingerprint density at radius 2 is 1.51 bits per heavy atom. The Kier molecular flexibility index (Phi) is 7.93. The van der Waals surface area contributed by atoms with E-state index < -0.39 is 18.1 Å². The molecule has 6 heteroatoms. The van der Waals surface area contributed by atoms with Gasteiger partial charge in [-0.05, 0) is 35.1 Å². The Hall–Kier alpha value is -3.93. The van der Waals surface area contributed by atoms with E-state index in [-0.39, 0.29) is 18.4 Å². The number of carbonyl (C=O) groups is 3. The van der Waals surface area contributed by atoms with Gasteiger partial charge in [0.05, 0.1) is 0 Å². The second kappa shape index (κ2) is 11.5. The normalized spacial score (nSPS) is 15.9. The summed E-state index contributed by atoms with van der Waals surface area (Å²) in [5.41, 5.74) is 4.02. The third-order valence-electron chi connectivity index (χ3n) is 6.21. The average molecular weight is 471 g/mol. The molecule has 3 aromatic rings. The van der Waals surface area contributed by atoms with Crippen molar-refractivity contribution in [2.75, 3.05) is 6.54 Å². The molecule has 180 valence electrons. The Morgan fingerprint density at radius 1 is 0.886 bits per heavy atom. The van der Waals surface area contributed by atoms with Gasteiger partial charge in [0.2, 0.25) is 11.8 Å². The van der Waals surface area contributed by atoms with E-state index in [0.29, 0.717) is 19.4 Å². The van der Waals surface area contributed by atoms with Gasteiger partial charge in [-0.1, -0.05) is 84.9 Å². The summed E-state index contributed by atoms with van der Waals surface area (Å²) in [5, 5.41) is 2.79. The quantitative estimate of drug-likeness (QED) is 0.502. The molecular formula is C29H30N2O4. The molecule has 1 heterocycles. The first-order valence-corrected chi connectivity index (χ1v) is 11.9. The zero-order chi connectivity index (χ0) is 24.6. The number of carbonyl (C=O) groups excluding carboxylic acids is 3. The molecule has 1 aliphatic heterocycles. The average Bonchev–Trinajstić information content (AvgIpc) is 3.38. The summed E-state index contributed by atoms with van der Waals surface area (Å²) in [6.45, 7) is 2.03. The zero-order valence-electron chi connectivity index (χ0n) is 19.9. The molecule has 2 atom stereocenters. The summed E-state index contributed by atoms with van der Waals surface area (Å²) < 4.78 is 5.51.